The topological polar surface area (TPSA) is 18.5 Å². The van der Waals surface area contributed by atoms with Gasteiger partial charge in [-0.25, -0.2) is 0 Å². The van der Waals surface area contributed by atoms with Gasteiger partial charge in [0.15, 0.2) is 0 Å². The highest BCUT2D eigenvalue weighted by atomic mass is 15.1. The monoisotopic (exact) mass is 241 g/mol. The van der Waals surface area contributed by atoms with Crippen LogP contribution in [0.5, 0.6) is 0 Å². The van der Waals surface area contributed by atoms with Crippen LogP contribution in [0.3, 0.4) is 0 Å². The maximum atomic E-state index is 3.29. The Labute approximate surface area is 108 Å². The Morgan fingerprint density at radius 2 is 1.88 bits per heavy atom. The van der Waals surface area contributed by atoms with E-state index in [1.807, 2.05) is 7.05 Å². The van der Waals surface area contributed by atoms with Gasteiger partial charge < -0.3 is 15.1 Å². The van der Waals surface area contributed by atoms with E-state index in [4.69, 9.17) is 0 Å². The molecule has 0 spiro atoms. The van der Waals surface area contributed by atoms with E-state index in [1.54, 1.807) is 0 Å². The van der Waals surface area contributed by atoms with Crippen molar-refractivity contribution in [1.29, 1.82) is 0 Å². The summed E-state index contributed by atoms with van der Waals surface area (Å²) < 4.78 is 0. The second-order valence-corrected chi connectivity index (χ2v) is 6.64. The maximum Gasteiger partial charge on any atom is 0.00419 e. The average molecular weight is 241 g/mol. The summed E-state index contributed by atoms with van der Waals surface area (Å²) >= 11 is 0. The lowest BCUT2D eigenvalue weighted by Gasteiger charge is -2.35. The third kappa shape index (κ3) is 5.84. The Kier molecular flexibility index (Phi) is 5.90. The summed E-state index contributed by atoms with van der Waals surface area (Å²) in [5, 5.41) is 3.29. The Hall–Kier alpha value is -0.120. The zero-order valence-corrected chi connectivity index (χ0v) is 12.4. The molecule has 0 atom stereocenters. The molecule has 1 rings (SSSR count). The van der Waals surface area contributed by atoms with Crippen molar-refractivity contribution >= 4 is 0 Å². The van der Waals surface area contributed by atoms with Crippen molar-refractivity contribution < 1.29 is 0 Å². The molecule has 3 nitrogen and oxygen atoms in total. The van der Waals surface area contributed by atoms with Crippen molar-refractivity contribution in [3.63, 3.8) is 0 Å². The first-order chi connectivity index (χ1) is 7.93. The zero-order chi connectivity index (χ0) is 12.9. The van der Waals surface area contributed by atoms with Crippen LogP contribution in [-0.2, 0) is 0 Å². The van der Waals surface area contributed by atoms with Gasteiger partial charge in [0.05, 0.1) is 0 Å². The molecule has 0 aromatic rings. The summed E-state index contributed by atoms with van der Waals surface area (Å²) in [4.78, 5) is 4.97. The van der Waals surface area contributed by atoms with Crippen LogP contribution in [0.4, 0.5) is 0 Å². The predicted molar refractivity (Wildman–Crippen MR) is 75.4 cm³/mol. The van der Waals surface area contributed by atoms with Gasteiger partial charge in [-0.3, -0.25) is 0 Å². The Balaban J connectivity index is 2.26. The van der Waals surface area contributed by atoms with Crippen LogP contribution in [0.1, 0.15) is 26.7 Å². The number of nitrogens with one attached hydrogen (secondary N) is 1. The third-order valence-corrected chi connectivity index (χ3v) is 3.76. The van der Waals surface area contributed by atoms with Gasteiger partial charge in [-0.15, -0.1) is 0 Å². The number of hydrogen-bond donors (Lipinski definition) is 1. The van der Waals surface area contributed by atoms with Crippen molar-refractivity contribution in [1.82, 2.24) is 15.1 Å². The normalized spacial score (nSPS) is 20.1. The largest absolute Gasteiger partial charge is 0.319 e. The lowest BCUT2D eigenvalue weighted by Crippen LogP contribution is -2.41. The predicted octanol–water partition coefficient (Wildman–Crippen LogP) is 1.51. The fourth-order valence-corrected chi connectivity index (χ4v) is 3.02. The van der Waals surface area contributed by atoms with Crippen molar-refractivity contribution in [2.24, 2.45) is 11.3 Å². The molecular weight excluding hydrogens is 210 g/mol. The molecule has 17 heavy (non-hydrogen) atoms. The van der Waals surface area contributed by atoms with Crippen LogP contribution in [0, 0.1) is 11.3 Å². The first-order valence-corrected chi connectivity index (χ1v) is 6.94. The Morgan fingerprint density at radius 1 is 1.29 bits per heavy atom. The van der Waals surface area contributed by atoms with Gasteiger partial charge >= 0.3 is 0 Å². The number of piperidine rings is 1. The second kappa shape index (κ2) is 6.72. The van der Waals surface area contributed by atoms with Crippen LogP contribution in [0.2, 0.25) is 0 Å². The minimum atomic E-state index is 0.370. The highest BCUT2D eigenvalue weighted by Gasteiger charge is 2.22. The molecule has 0 amide bonds. The van der Waals surface area contributed by atoms with Crippen LogP contribution in [0.15, 0.2) is 0 Å². The van der Waals surface area contributed by atoms with Crippen LogP contribution in [0.25, 0.3) is 0 Å². The zero-order valence-electron chi connectivity index (χ0n) is 12.4. The molecule has 1 fully saturated rings. The van der Waals surface area contributed by atoms with Crippen LogP contribution >= 0.6 is 0 Å². The fourth-order valence-electron chi connectivity index (χ4n) is 3.02. The molecule has 1 saturated heterocycles. The van der Waals surface area contributed by atoms with E-state index in [-0.39, 0.29) is 0 Å². The summed E-state index contributed by atoms with van der Waals surface area (Å²) in [5.41, 5.74) is 0.370. The molecule has 1 aliphatic rings. The Bertz CT molecular complexity index is 208. The van der Waals surface area contributed by atoms with E-state index in [2.05, 4.69) is 43.1 Å². The maximum absolute atomic E-state index is 3.29. The summed E-state index contributed by atoms with van der Waals surface area (Å²) in [6.45, 7) is 10.8. The van der Waals surface area contributed by atoms with Crippen molar-refractivity contribution in [3.8, 4) is 0 Å². The second-order valence-electron chi connectivity index (χ2n) is 6.64. The first kappa shape index (κ1) is 14.9. The van der Waals surface area contributed by atoms with Crippen molar-refractivity contribution in [3.05, 3.63) is 0 Å². The molecule has 0 bridgehead atoms. The van der Waals surface area contributed by atoms with E-state index in [1.165, 1.54) is 39.0 Å². The summed E-state index contributed by atoms with van der Waals surface area (Å²) in [6.07, 6.45) is 2.74. The highest BCUT2D eigenvalue weighted by molar-refractivity contribution is 4.77. The van der Waals surface area contributed by atoms with Crippen molar-refractivity contribution in [2.75, 3.05) is 53.9 Å². The van der Waals surface area contributed by atoms with E-state index in [0.29, 0.717) is 5.41 Å². The minimum Gasteiger partial charge on any atom is -0.319 e. The minimum absolute atomic E-state index is 0.370. The molecule has 0 saturated carbocycles. The van der Waals surface area contributed by atoms with Gasteiger partial charge in [-0.2, -0.15) is 0 Å². The molecule has 0 aromatic heterocycles. The molecule has 0 aliphatic carbocycles. The smallest absolute Gasteiger partial charge is 0.00419 e. The van der Waals surface area contributed by atoms with Gasteiger partial charge in [0.1, 0.15) is 0 Å². The number of rotatable bonds is 6. The van der Waals surface area contributed by atoms with Gasteiger partial charge in [-0.1, -0.05) is 13.8 Å². The van der Waals surface area contributed by atoms with E-state index in [0.717, 1.165) is 12.5 Å². The molecule has 1 aliphatic heterocycles. The summed E-state index contributed by atoms with van der Waals surface area (Å²) in [5.74, 6) is 0.904. The number of nitrogens with zero attached hydrogens (tertiary/aromatic N) is 2. The molecule has 1 heterocycles. The fraction of sp³-hybridized carbons (Fsp3) is 1.00. The molecular formula is C14H31N3. The Morgan fingerprint density at radius 3 is 2.41 bits per heavy atom. The average Bonchev–Trinajstić information content (AvgIpc) is 2.20. The van der Waals surface area contributed by atoms with Gasteiger partial charge in [-0.05, 0) is 58.4 Å². The molecule has 3 heteroatoms. The molecule has 1 N–H and O–H groups in total. The number of hydrogen-bond acceptors (Lipinski definition) is 3. The third-order valence-electron chi connectivity index (χ3n) is 3.76. The standard InChI is InChI=1S/C14H31N3/c1-14(2,11-15-3)12-17(5)10-13-6-8-16(4)9-7-13/h13,15H,6-12H2,1-5H3. The quantitative estimate of drug-likeness (QED) is 0.760. The van der Waals surface area contributed by atoms with Crippen LogP contribution in [-0.4, -0.2) is 63.7 Å². The van der Waals surface area contributed by atoms with E-state index < -0.39 is 0 Å². The van der Waals surface area contributed by atoms with Crippen molar-refractivity contribution in [2.45, 2.75) is 26.7 Å². The highest BCUT2D eigenvalue weighted by Crippen LogP contribution is 2.20. The molecule has 102 valence electrons. The summed E-state index contributed by atoms with van der Waals surface area (Å²) in [7, 11) is 6.55. The molecule has 0 radical (unpaired) electrons. The molecule has 0 aromatic carbocycles. The van der Waals surface area contributed by atoms with E-state index in [9.17, 15) is 0 Å². The number of likely N-dealkylation sites (tertiary alicyclic amines) is 1. The van der Waals surface area contributed by atoms with Crippen LogP contribution < -0.4 is 5.32 Å². The molecule has 0 unspecified atom stereocenters. The lowest BCUT2D eigenvalue weighted by atomic mass is 9.91. The SMILES string of the molecule is CNCC(C)(C)CN(C)CC1CCN(C)CC1. The lowest BCUT2D eigenvalue weighted by molar-refractivity contribution is 0.144. The van der Waals surface area contributed by atoms with Gasteiger partial charge in [0.25, 0.3) is 0 Å². The summed E-state index contributed by atoms with van der Waals surface area (Å²) in [6, 6.07) is 0. The van der Waals surface area contributed by atoms with Gasteiger partial charge in [0.2, 0.25) is 0 Å². The van der Waals surface area contributed by atoms with Gasteiger partial charge in [0, 0.05) is 19.6 Å². The van der Waals surface area contributed by atoms with E-state index >= 15 is 0 Å². The first-order valence-electron chi connectivity index (χ1n) is 6.94.